The van der Waals surface area contributed by atoms with Crippen LogP contribution < -0.4 is 5.32 Å². The number of rotatable bonds is 3. The van der Waals surface area contributed by atoms with Gasteiger partial charge in [-0.15, -0.1) is 0 Å². The number of nitrogens with zero attached hydrogens (tertiary/aromatic N) is 1. The lowest BCUT2D eigenvalue weighted by molar-refractivity contribution is -0.104. The lowest BCUT2D eigenvalue weighted by atomic mass is 10.1. The molecule has 0 aliphatic heterocycles. The zero-order chi connectivity index (χ0) is 15.3. The van der Waals surface area contributed by atoms with Gasteiger partial charge in [-0.05, 0) is 24.6 Å². The Hall–Kier alpha value is -2.08. The molecular formula is C16H24N2O. The van der Waals surface area contributed by atoms with Gasteiger partial charge in [0.2, 0.25) is 0 Å². The van der Waals surface area contributed by atoms with E-state index in [1.165, 1.54) is 6.42 Å². The third-order valence-corrected chi connectivity index (χ3v) is 1.81. The molecular weight excluding hydrogens is 236 g/mol. The monoisotopic (exact) mass is 260 g/mol. The minimum atomic E-state index is 0.276. The van der Waals surface area contributed by atoms with Crippen LogP contribution in [0.2, 0.25) is 0 Å². The van der Waals surface area contributed by atoms with Crippen LogP contribution in [0.4, 0.5) is 5.69 Å². The SMILES string of the molecule is C=C(C=O)Nc1ccc(C)c(C#N)c1.CC.CCC. The van der Waals surface area contributed by atoms with Gasteiger partial charge < -0.3 is 5.32 Å². The van der Waals surface area contributed by atoms with E-state index in [0.29, 0.717) is 17.5 Å². The third kappa shape index (κ3) is 8.62. The van der Waals surface area contributed by atoms with Crippen LogP contribution in [0.1, 0.15) is 45.2 Å². The van der Waals surface area contributed by atoms with Crippen LogP contribution in [0.5, 0.6) is 0 Å². The number of aryl methyl sites for hydroxylation is 1. The molecule has 3 heteroatoms. The van der Waals surface area contributed by atoms with E-state index in [-0.39, 0.29) is 5.70 Å². The van der Waals surface area contributed by atoms with Crippen molar-refractivity contribution in [3.05, 3.63) is 41.6 Å². The number of carbonyl (C=O) groups is 1. The van der Waals surface area contributed by atoms with Crippen molar-refractivity contribution in [1.29, 1.82) is 5.26 Å². The Morgan fingerprint density at radius 2 is 1.95 bits per heavy atom. The van der Waals surface area contributed by atoms with Crippen molar-refractivity contribution in [2.45, 2.75) is 41.0 Å². The smallest absolute Gasteiger partial charge is 0.165 e. The average molecular weight is 260 g/mol. The molecule has 0 atom stereocenters. The number of carbonyl (C=O) groups excluding carboxylic acids is 1. The maximum Gasteiger partial charge on any atom is 0.165 e. The molecule has 1 rings (SSSR count). The summed E-state index contributed by atoms with van der Waals surface area (Å²) < 4.78 is 0. The van der Waals surface area contributed by atoms with Crippen LogP contribution >= 0.6 is 0 Å². The van der Waals surface area contributed by atoms with Crippen molar-refractivity contribution in [3.63, 3.8) is 0 Å². The maximum absolute atomic E-state index is 10.3. The van der Waals surface area contributed by atoms with Crippen molar-refractivity contribution in [3.8, 4) is 6.07 Å². The van der Waals surface area contributed by atoms with Gasteiger partial charge in [0.25, 0.3) is 0 Å². The molecule has 0 amide bonds. The first-order valence-electron chi connectivity index (χ1n) is 6.50. The molecule has 0 aliphatic carbocycles. The second-order valence-electron chi connectivity index (χ2n) is 3.62. The standard InChI is InChI=1S/C11H10N2O.C3H8.C2H6/c1-8-3-4-11(5-10(8)6-12)13-9(2)7-14;1-3-2;1-2/h3-5,7,13H,2H2,1H3;3H2,1-2H3;1-2H3. The number of benzene rings is 1. The van der Waals surface area contributed by atoms with Gasteiger partial charge in [0, 0.05) is 5.69 Å². The van der Waals surface area contributed by atoms with Gasteiger partial charge in [0.1, 0.15) is 0 Å². The minimum Gasteiger partial charge on any atom is -0.353 e. The van der Waals surface area contributed by atoms with Crippen LogP contribution in [0.3, 0.4) is 0 Å². The second kappa shape index (κ2) is 12.4. The fourth-order valence-electron chi connectivity index (χ4n) is 1.04. The van der Waals surface area contributed by atoms with Gasteiger partial charge in [-0.25, -0.2) is 0 Å². The molecule has 1 aromatic rings. The van der Waals surface area contributed by atoms with Gasteiger partial charge in [-0.3, -0.25) is 4.79 Å². The van der Waals surface area contributed by atoms with Crippen LogP contribution in [0.15, 0.2) is 30.5 Å². The maximum atomic E-state index is 10.3. The van der Waals surface area contributed by atoms with Crippen molar-refractivity contribution in [2.24, 2.45) is 0 Å². The third-order valence-electron chi connectivity index (χ3n) is 1.81. The Labute approximate surface area is 117 Å². The average Bonchev–Trinajstić information content (AvgIpc) is 2.44. The van der Waals surface area contributed by atoms with Crippen molar-refractivity contribution < 1.29 is 4.79 Å². The van der Waals surface area contributed by atoms with E-state index in [1.54, 1.807) is 12.1 Å². The molecule has 0 saturated heterocycles. The zero-order valence-electron chi connectivity index (χ0n) is 12.6. The summed E-state index contributed by atoms with van der Waals surface area (Å²) in [5, 5.41) is 11.5. The summed E-state index contributed by atoms with van der Waals surface area (Å²) in [6.45, 7) is 13.6. The lowest BCUT2D eigenvalue weighted by Gasteiger charge is -2.05. The number of anilines is 1. The molecule has 0 aliphatic rings. The predicted octanol–water partition coefficient (Wildman–Crippen LogP) is 4.43. The first kappa shape index (κ1) is 19.3. The summed E-state index contributed by atoms with van der Waals surface area (Å²) in [4.78, 5) is 10.3. The van der Waals surface area contributed by atoms with E-state index >= 15 is 0 Å². The minimum absolute atomic E-state index is 0.276. The molecule has 0 saturated carbocycles. The number of nitrogens with one attached hydrogen (secondary N) is 1. The van der Waals surface area contributed by atoms with Gasteiger partial charge in [-0.1, -0.05) is 46.8 Å². The molecule has 0 bridgehead atoms. The van der Waals surface area contributed by atoms with Crippen LogP contribution in [-0.4, -0.2) is 6.29 Å². The van der Waals surface area contributed by atoms with Crippen LogP contribution in [-0.2, 0) is 4.79 Å². The number of hydrogen-bond acceptors (Lipinski definition) is 3. The summed E-state index contributed by atoms with van der Waals surface area (Å²) >= 11 is 0. The number of nitriles is 1. The van der Waals surface area contributed by atoms with E-state index in [2.05, 4.69) is 31.8 Å². The van der Waals surface area contributed by atoms with Crippen molar-refractivity contribution >= 4 is 12.0 Å². The molecule has 0 radical (unpaired) electrons. The molecule has 0 unspecified atom stereocenters. The molecule has 19 heavy (non-hydrogen) atoms. The number of allylic oxidation sites excluding steroid dienone is 1. The Bertz CT molecular complexity index is 431. The lowest BCUT2D eigenvalue weighted by Crippen LogP contribution is -1.99. The summed E-state index contributed by atoms with van der Waals surface area (Å²) in [5.41, 5.74) is 2.48. The van der Waals surface area contributed by atoms with E-state index < -0.39 is 0 Å². The molecule has 104 valence electrons. The zero-order valence-corrected chi connectivity index (χ0v) is 12.6. The highest BCUT2D eigenvalue weighted by molar-refractivity contribution is 5.78. The van der Waals surface area contributed by atoms with Crippen LogP contribution in [0.25, 0.3) is 0 Å². The molecule has 1 N–H and O–H groups in total. The molecule has 0 spiro atoms. The molecule has 0 aromatic heterocycles. The molecule has 1 aromatic carbocycles. The summed E-state index contributed by atoms with van der Waals surface area (Å²) in [6.07, 6.45) is 1.88. The van der Waals surface area contributed by atoms with Gasteiger partial charge in [0.15, 0.2) is 6.29 Å². The molecule has 3 nitrogen and oxygen atoms in total. The van der Waals surface area contributed by atoms with Crippen molar-refractivity contribution in [2.75, 3.05) is 5.32 Å². The van der Waals surface area contributed by atoms with Gasteiger partial charge in [0.05, 0.1) is 17.3 Å². The fraction of sp³-hybridized carbons (Fsp3) is 0.375. The summed E-state index contributed by atoms with van der Waals surface area (Å²) in [7, 11) is 0. The Morgan fingerprint density at radius 3 is 2.37 bits per heavy atom. The molecule has 0 fully saturated rings. The predicted molar refractivity (Wildman–Crippen MR) is 82.0 cm³/mol. The second-order valence-corrected chi connectivity index (χ2v) is 3.62. The highest BCUT2D eigenvalue weighted by Crippen LogP contribution is 2.15. The van der Waals surface area contributed by atoms with E-state index in [1.807, 2.05) is 26.8 Å². The number of hydrogen-bond donors (Lipinski definition) is 1. The Morgan fingerprint density at radius 1 is 1.42 bits per heavy atom. The van der Waals surface area contributed by atoms with E-state index in [0.717, 1.165) is 5.56 Å². The molecule has 0 heterocycles. The summed E-state index contributed by atoms with van der Waals surface area (Å²) in [6, 6.07) is 7.37. The Kier molecular flexibility index (Phi) is 12.6. The Balaban J connectivity index is 0. The summed E-state index contributed by atoms with van der Waals surface area (Å²) in [5.74, 6) is 0. The fourth-order valence-corrected chi connectivity index (χ4v) is 1.04. The van der Waals surface area contributed by atoms with Gasteiger partial charge >= 0.3 is 0 Å². The first-order chi connectivity index (χ1) is 9.08. The largest absolute Gasteiger partial charge is 0.353 e. The van der Waals surface area contributed by atoms with Gasteiger partial charge in [-0.2, -0.15) is 5.26 Å². The number of aldehydes is 1. The first-order valence-corrected chi connectivity index (χ1v) is 6.50. The highest BCUT2D eigenvalue weighted by atomic mass is 16.1. The van der Waals surface area contributed by atoms with E-state index in [9.17, 15) is 4.79 Å². The normalized spacial score (nSPS) is 7.79. The van der Waals surface area contributed by atoms with E-state index in [4.69, 9.17) is 5.26 Å². The van der Waals surface area contributed by atoms with Crippen molar-refractivity contribution in [1.82, 2.24) is 0 Å². The topological polar surface area (TPSA) is 52.9 Å². The highest BCUT2D eigenvalue weighted by Gasteiger charge is 1.99. The van der Waals surface area contributed by atoms with Crippen LogP contribution in [0, 0.1) is 18.3 Å². The quantitative estimate of drug-likeness (QED) is 0.646.